The zero-order valence-corrected chi connectivity index (χ0v) is 5.27. The molecular formula is C6H11NO. The maximum Gasteiger partial charge on any atom is 0.0842 e. The highest BCUT2D eigenvalue weighted by Crippen LogP contribution is 1.82. The highest BCUT2D eigenvalue weighted by atomic mass is 16.5. The molecule has 0 saturated carbocycles. The van der Waals surface area contributed by atoms with E-state index in [2.05, 4.69) is 4.74 Å². The number of hydrogen-bond donors (Lipinski definition) is 1. The molecule has 0 spiro atoms. The summed E-state index contributed by atoms with van der Waals surface area (Å²) in [5.41, 5.74) is 0.590. The molecule has 0 radical (unpaired) electrons. The van der Waals surface area contributed by atoms with E-state index in [0.29, 0.717) is 5.71 Å². The first-order valence-corrected chi connectivity index (χ1v) is 2.58. The molecule has 8 heavy (non-hydrogen) atoms. The van der Waals surface area contributed by atoms with Crippen molar-refractivity contribution < 1.29 is 4.74 Å². The van der Waals surface area contributed by atoms with Crippen LogP contribution in [0.25, 0.3) is 0 Å². The van der Waals surface area contributed by atoms with Gasteiger partial charge in [0.1, 0.15) is 0 Å². The number of allylic oxidation sites excluding steroid dienone is 1. The summed E-state index contributed by atoms with van der Waals surface area (Å²) in [4.78, 5) is 0. The molecule has 2 nitrogen and oxygen atoms in total. The van der Waals surface area contributed by atoms with Crippen molar-refractivity contribution in [3.63, 3.8) is 0 Å². The Balaban J connectivity index is 3.37. The normalized spacial score (nSPS) is 9.75. The third kappa shape index (κ3) is 3.40. The topological polar surface area (TPSA) is 33.1 Å². The van der Waals surface area contributed by atoms with Gasteiger partial charge in [-0.15, -0.1) is 0 Å². The molecule has 0 atom stereocenters. The van der Waals surface area contributed by atoms with E-state index in [1.165, 1.54) is 6.26 Å². The predicted molar refractivity (Wildman–Crippen MR) is 34.2 cm³/mol. The first kappa shape index (κ1) is 7.21. The standard InChI is InChI=1S/C6H11NO/c1-3-6(7)4-5-8-2/h4-5,7H,3H2,1-2H3/b5-4+,7-6?. The molecule has 0 unspecified atom stereocenters. The van der Waals surface area contributed by atoms with E-state index >= 15 is 0 Å². The van der Waals surface area contributed by atoms with Crippen LogP contribution < -0.4 is 0 Å². The van der Waals surface area contributed by atoms with Crippen LogP contribution in [-0.4, -0.2) is 12.8 Å². The van der Waals surface area contributed by atoms with Crippen molar-refractivity contribution in [2.75, 3.05) is 7.11 Å². The molecule has 0 bridgehead atoms. The molecule has 2 heteroatoms. The smallest absolute Gasteiger partial charge is 0.0842 e. The van der Waals surface area contributed by atoms with Gasteiger partial charge in [0.2, 0.25) is 0 Å². The summed E-state index contributed by atoms with van der Waals surface area (Å²) in [6.45, 7) is 1.93. The summed E-state index contributed by atoms with van der Waals surface area (Å²) in [5.74, 6) is 0. The second-order valence-electron chi connectivity index (χ2n) is 1.42. The van der Waals surface area contributed by atoms with Gasteiger partial charge >= 0.3 is 0 Å². The number of methoxy groups -OCH3 is 1. The second kappa shape index (κ2) is 4.37. The van der Waals surface area contributed by atoms with Crippen molar-refractivity contribution in [3.8, 4) is 0 Å². The quantitative estimate of drug-likeness (QED) is 0.437. The van der Waals surface area contributed by atoms with E-state index in [1.54, 1.807) is 13.2 Å². The number of nitrogens with one attached hydrogen (secondary N) is 1. The Bertz CT molecular complexity index is 96.7. The molecule has 0 saturated heterocycles. The lowest BCUT2D eigenvalue weighted by Crippen LogP contribution is -1.85. The summed E-state index contributed by atoms with van der Waals surface area (Å²) in [6, 6.07) is 0. The fourth-order valence-electron chi connectivity index (χ4n) is 0.268. The van der Waals surface area contributed by atoms with Crippen molar-refractivity contribution in [1.82, 2.24) is 0 Å². The van der Waals surface area contributed by atoms with Crippen molar-refractivity contribution in [1.29, 1.82) is 5.41 Å². The summed E-state index contributed by atoms with van der Waals surface area (Å²) < 4.78 is 4.59. The van der Waals surface area contributed by atoms with Crippen molar-refractivity contribution in [2.24, 2.45) is 0 Å². The predicted octanol–water partition coefficient (Wildman–Crippen LogP) is 1.58. The molecule has 46 valence electrons. The van der Waals surface area contributed by atoms with E-state index in [9.17, 15) is 0 Å². The fourth-order valence-corrected chi connectivity index (χ4v) is 0.268. The lowest BCUT2D eigenvalue weighted by molar-refractivity contribution is 0.338. The van der Waals surface area contributed by atoms with Gasteiger partial charge in [0.25, 0.3) is 0 Å². The number of ether oxygens (including phenoxy) is 1. The summed E-state index contributed by atoms with van der Waals surface area (Å²) >= 11 is 0. The lowest BCUT2D eigenvalue weighted by Gasteiger charge is -1.87. The highest BCUT2D eigenvalue weighted by Gasteiger charge is 1.80. The average molecular weight is 113 g/mol. The molecule has 0 rings (SSSR count). The van der Waals surface area contributed by atoms with Gasteiger partial charge in [-0.2, -0.15) is 0 Å². The van der Waals surface area contributed by atoms with Crippen molar-refractivity contribution in [2.45, 2.75) is 13.3 Å². The third-order valence-electron chi connectivity index (χ3n) is 0.786. The summed E-state index contributed by atoms with van der Waals surface area (Å²) in [6.07, 6.45) is 3.91. The van der Waals surface area contributed by atoms with E-state index in [4.69, 9.17) is 5.41 Å². The van der Waals surface area contributed by atoms with Crippen LogP contribution >= 0.6 is 0 Å². The van der Waals surface area contributed by atoms with Gasteiger partial charge in [-0.05, 0) is 12.5 Å². The Hall–Kier alpha value is -0.790. The van der Waals surface area contributed by atoms with E-state index in [1.807, 2.05) is 6.92 Å². The number of hydrogen-bond acceptors (Lipinski definition) is 2. The first-order chi connectivity index (χ1) is 3.81. The van der Waals surface area contributed by atoms with Crippen LogP contribution in [-0.2, 0) is 4.74 Å². The second-order valence-corrected chi connectivity index (χ2v) is 1.42. The molecule has 0 aliphatic heterocycles. The maximum atomic E-state index is 7.07. The monoisotopic (exact) mass is 113 g/mol. The van der Waals surface area contributed by atoms with Crippen LogP contribution in [0.4, 0.5) is 0 Å². The Kier molecular flexibility index (Phi) is 3.94. The van der Waals surface area contributed by atoms with Crippen LogP contribution in [0, 0.1) is 5.41 Å². The molecular weight excluding hydrogens is 102 g/mol. The Labute approximate surface area is 49.7 Å². The van der Waals surface area contributed by atoms with Gasteiger partial charge in [-0.3, -0.25) is 0 Å². The van der Waals surface area contributed by atoms with Gasteiger partial charge in [0, 0.05) is 5.71 Å². The zero-order valence-electron chi connectivity index (χ0n) is 5.27. The van der Waals surface area contributed by atoms with Crippen LogP contribution in [0.5, 0.6) is 0 Å². The van der Waals surface area contributed by atoms with Gasteiger partial charge in [0.05, 0.1) is 13.4 Å². The molecule has 1 N–H and O–H groups in total. The Morgan fingerprint density at radius 2 is 2.38 bits per heavy atom. The van der Waals surface area contributed by atoms with Crippen molar-refractivity contribution >= 4 is 5.71 Å². The Morgan fingerprint density at radius 1 is 1.75 bits per heavy atom. The lowest BCUT2D eigenvalue weighted by atomic mass is 10.3. The summed E-state index contributed by atoms with van der Waals surface area (Å²) in [7, 11) is 1.57. The first-order valence-electron chi connectivity index (χ1n) is 2.58. The molecule has 0 amide bonds. The third-order valence-corrected chi connectivity index (χ3v) is 0.786. The van der Waals surface area contributed by atoms with Gasteiger partial charge in [0.15, 0.2) is 0 Å². The van der Waals surface area contributed by atoms with Crippen LogP contribution in [0.15, 0.2) is 12.3 Å². The number of rotatable bonds is 3. The molecule has 0 heterocycles. The van der Waals surface area contributed by atoms with Crippen LogP contribution in [0.2, 0.25) is 0 Å². The zero-order chi connectivity index (χ0) is 6.41. The summed E-state index contributed by atoms with van der Waals surface area (Å²) in [5, 5.41) is 7.07. The van der Waals surface area contributed by atoms with Gasteiger partial charge < -0.3 is 10.1 Å². The largest absolute Gasteiger partial charge is 0.504 e. The molecule has 0 aromatic heterocycles. The van der Waals surface area contributed by atoms with Gasteiger partial charge in [-0.1, -0.05) is 6.92 Å². The Morgan fingerprint density at radius 3 is 2.75 bits per heavy atom. The van der Waals surface area contributed by atoms with Crippen molar-refractivity contribution in [3.05, 3.63) is 12.3 Å². The van der Waals surface area contributed by atoms with Crippen LogP contribution in [0.3, 0.4) is 0 Å². The molecule has 0 aromatic carbocycles. The minimum absolute atomic E-state index is 0.590. The average Bonchev–Trinajstić information content (AvgIpc) is 1.83. The molecule has 0 aromatic rings. The van der Waals surface area contributed by atoms with E-state index < -0.39 is 0 Å². The van der Waals surface area contributed by atoms with Gasteiger partial charge in [-0.25, -0.2) is 0 Å². The molecule has 0 aliphatic carbocycles. The minimum atomic E-state index is 0.590. The minimum Gasteiger partial charge on any atom is -0.504 e. The van der Waals surface area contributed by atoms with E-state index in [0.717, 1.165) is 6.42 Å². The SMILES string of the molecule is CCC(=N)/C=C/OC. The molecule has 0 fully saturated rings. The molecule has 0 aliphatic rings. The van der Waals surface area contributed by atoms with E-state index in [-0.39, 0.29) is 0 Å². The van der Waals surface area contributed by atoms with Crippen LogP contribution in [0.1, 0.15) is 13.3 Å². The fraction of sp³-hybridized carbons (Fsp3) is 0.500. The maximum absolute atomic E-state index is 7.07. The highest BCUT2D eigenvalue weighted by molar-refractivity contribution is 5.91.